The lowest BCUT2D eigenvalue weighted by Gasteiger charge is -2.11. The van der Waals surface area contributed by atoms with Crippen LogP contribution in [0.5, 0.6) is 23.0 Å². The van der Waals surface area contributed by atoms with Crippen LogP contribution >= 0.6 is 0 Å². The third kappa shape index (κ3) is 4.89. The molecule has 1 amide bonds. The molecule has 7 heteroatoms. The Morgan fingerprint density at radius 2 is 1.54 bits per heavy atom. The van der Waals surface area contributed by atoms with Gasteiger partial charge in [0.1, 0.15) is 11.5 Å². The molecule has 1 N–H and O–H groups in total. The van der Waals surface area contributed by atoms with E-state index in [1.807, 2.05) is 12.1 Å². The van der Waals surface area contributed by atoms with Gasteiger partial charge in [-0.05, 0) is 23.8 Å². The molecule has 7 nitrogen and oxygen atoms in total. The first-order chi connectivity index (χ1) is 12.6. The number of amides is 1. The fourth-order valence-corrected chi connectivity index (χ4v) is 2.30. The van der Waals surface area contributed by atoms with Gasteiger partial charge in [0.05, 0.1) is 41.1 Å². The zero-order valence-electron chi connectivity index (χ0n) is 15.2. The molecule has 138 valence electrons. The topological polar surface area (TPSA) is 78.4 Å². The van der Waals surface area contributed by atoms with E-state index in [9.17, 15) is 4.79 Å². The summed E-state index contributed by atoms with van der Waals surface area (Å²) in [5.74, 6) is 2.15. The molecule has 0 aliphatic carbocycles. The SMILES string of the molecule is COc1ccc(CC(=O)N/N=C\c2cc(OC)c(OC)cc2OC)cc1. The van der Waals surface area contributed by atoms with Crippen molar-refractivity contribution < 1.29 is 23.7 Å². The Morgan fingerprint density at radius 3 is 2.12 bits per heavy atom. The monoisotopic (exact) mass is 358 g/mol. The van der Waals surface area contributed by atoms with Gasteiger partial charge in [-0.3, -0.25) is 4.79 Å². The number of hydrazone groups is 1. The lowest BCUT2D eigenvalue weighted by molar-refractivity contribution is -0.120. The number of hydrogen-bond acceptors (Lipinski definition) is 6. The smallest absolute Gasteiger partial charge is 0.244 e. The van der Waals surface area contributed by atoms with E-state index in [0.717, 1.165) is 11.3 Å². The molecule has 0 heterocycles. The summed E-state index contributed by atoms with van der Waals surface area (Å²) in [4.78, 5) is 12.0. The summed E-state index contributed by atoms with van der Waals surface area (Å²) in [7, 11) is 6.23. The van der Waals surface area contributed by atoms with Crippen molar-refractivity contribution in [1.82, 2.24) is 5.43 Å². The zero-order chi connectivity index (χ0) is 18.9. The average molecular weight is 358 g/mol. The van der Waals surface area contributed by atoms with Gasteiger partial charge in [-0.25, -0.2) is 5.43 Å². The molecule has 0 fully saturated rings. The lowest BCUT2D eigenvalue weighted by Crippen LogP contribution is -2.19. The third-order valence-electron chi connectivity index (χ3n) is 3.65. The maximum atomic E-state index is 12.0. The average Bonchev–Trinajstić information content (AvgIpc) is 2.68. The quantitative estimate of drug-likeness (QED) is 0.579. The van der Waals surface area contributed by atoms with Gasteiger partial charge in [0.2, 0.25) is 5.91 Å². The summed E-state index contributed by atoms with van der Waals surface area (Å²) in [5, 5.41) is 3.99. The Morgan fingerprint density at radius 1 is 0.923 bits per heavy atom. The molecule has 0 atom stereocenters. The number of rotatable bonds is 8. The van der Waals surface area contributed by atoms with Crippen LogP contribution < -0.4 is 24.4 Å². The molecule has 2 aromatic carbocycles. The van der Waals surface area contributed by atoms with E-state index in [1.54, 1.807) is 52.7 Å². The van der Waals surface area contributed by atoms with Crippen LogP contribution in [-0.4, -0.2) is 40.6 Å². The Labute approximate surface area is 152 Å². The second-order valence-corrected chi connectivity index (χ2v) is 5.27. The number of nitrogens with zero attached hydrogens (tertiary/aromatic N) is 1. The summed E-state index contributed by atoms with van der Waals surface area (Å²) < 4.78 is 20.9. The highest BCUT2D eigenvalue weighted by Gasteiger charge is 2.10. The van der Waals surface area contributed by atoms with Crippen molar-refractivity contribution in [3.63, 3.8) is 0 Å². The van der Waals surface area contributed by atoms with E-state index >= 15 is 0 Å². The second kappa shape index (κ2) is 9.31. The van der Waals surface area contributed by atoms with Crippen molar-refractivity contribution in [2.45, 2.75) is 6.42 Å². The third-order valence-corrected chi connectivity index (χ3v) is 3.65. The second-order valence-electron chi connectivity index (χ2n) is 5.27. The van der Waals surface area contributed by atoms with Crippen molar-refractivity contribution in [3.05, 3.63) is 47.5 Å². The molecule has 0 spiro atoms. The minimum atomic E-state index is -0.231. The lowest BCUT2D eigenvalue weighted by atomic mass is 10.1. The summed E-state index contributed by atoms with van der Waals surface area (Å²) in [6.07, 6.45) is 1.71. The van der Waals surface area contributed by atoms with E-state index in [0.29, 0.717) is 22.8 Å². The van der Waals surface area contributed by atoms with Gasteiger partial charge in [0.25, 0.3) is 0 Å². The minimum Gasteiger partial charge on any atom is -0.497 e. The summed E-state index contributed by atoms with van der Waals surface area (Å²) in [6.45, 7) is 0. The number of ether oxygens (including phenoxy) is 4. The molecule has 0 unspecified atom stereocenters. The molecular weight excluding hydrogens is 336 g/mol. The molecule has 2 rings (SSSR count). The highest BCUT2D eigenvalue weighted by molar-refractivity contribution is 5.87. The Hall–Kier alpha value is -3.22. The van der Waals surface area contributed by atoms with Crippen LogP contribution in [0, 0.1) is 0 Å². The number of carbonyl (C=O) groups is 1. The number of nitrogens with one attached hydrogen (secondary N) is 1. The van der Waals surface area contributed by atoms with Crippen LogP contribution in [0.25, 0.3) is 0 Å². The first kappa shape index (κ1) is 19.1. The number of carbonyl (C=O) groups excluding carboxylic acids is 1. The largest absolute Gasteiger partial charge is 0.497 e. The van der Waals surface area contributed by atoms with E-state index in [1.165, 1.54) is 6.21 Å². The van der Waals surface area contributed by atoms with Crippen LogP contribution in [-0.2, 0) is 11.2 Å². The summed E-state index contributed by atoms with van der Waals surface area (Å²) in [5.41, 5.74) is 4.01. The van der Waals surface area contributed by atoms with E-state index in [4.69, 9.17) is 18.9 Å². The van der Waals surface area contributed by atoms with Gasteiger partial charge in [0.15, 0.2) is 11.5 Å². The standard InChI is InChI=1S/C19H22N2O5/c1-23-15-7-5-13(6-8-15)9-19(22)21-20-12-14-10-17(25-3)18(26-4)11-16(14)24-2/h5-8,10-12H,9H2,1-4H3,(H,21,22)/b20-12-. The van der Waals surface area contributed by atoms with E-state index < -0.39 is 0 Å². The first-order valence-corrected chi connectivity index (χ1v) is 7.86. The van der Waals surface area contributed by atoms with Crippen LogP contribution in [0.4, 0.5) is 0 Å². The minimum absolute atomic E-state index is 0.213. The highest BCUT2D eigenvalue weighted by Crippen LogP contribution is 2.33. The molecule has 0 saturated carbocycles. The predicted molar refractivity (Wildman–Crippen MR) is 98.5 cm³/mol. The number of hydrogen-bond donors (Lipinski definition) is 1. The maximum absolute atomic E-state index is 12.0. The molecule has 26 heavy (non-hydrogen) atoms. The highest BCUT2D eigenvalue weighted by atomic mass is 16.5. The van der Waals surface area contributed by atoms with Gasteiger partial charge in [-0.2, -0.15) is 5.10 Å². The van der Waals surface area contributed by atoms with Gasteiger partial charge in [-0.15, -0.1) is 0 Å². The fourth-order valence-electron chi connectivity index (χ4n) is 2.30. The van der Waals surface area contributed by atoms with Gasteiger partial charge >= 0.3 is 0 Å². The van der Waals surface area contributed by atoms with Gasteiger partial charge < -0.3 is 18.9 Å². The van der Waals surface area contributed by atoms with Crippen molar-refractivity contribution in [2.24, 2.45) is 5.10 Å². The fraction of sp³-hybridized carbons (Fsp3) is 0.263. The van der Waals surface area contributed by atoms with Crippen LogP contribution in [0.1, 0.15) is 11.1 Å². The predicted octanol–water partition coefficient (Wildman–Crippen LogP) is 2.41. The maximum Gasteiger partial charge on any atom is 0.244 e. The summed E-state index contributed by atoms with van der Waals surface area (Å²) in [6, 6.07) is 10.7. The van der Waals surface area contributed by atoms with E-state index in [2.05, 4.69) is 10.5 Å². The molecule has 0 aromatic heterocycles. The molecule has 0 aliphatic heterocycles. The molecule has 0 bridgehead atoms. The first-order valence-electron chi connectivity index (χ1n) is 7.86. The Kier molecular flexibility index (Phi) is 6.84. The van der Waals surface area contributed by atoms with Gasteiger partial charge in [0, 0.05) is 11.6 Å². The normalized spacial score (nSPS) is 10.5. The van der Waals surface area contributed by atoms with Crippen molar-refractivity contribution in [1.29, 1.82) is 0 Å². The Bertz CT molecular complexity index is 772. The molecular formula is C19H22N2O5. The van der Waals surface area contributed by atoms with Crippen LogP contribution in [0.15, 0.2) is 41.5 Å². The molecule has 0 radical (unpaired) electrons. The zero-order valence-corrected chi connectivity index (χ0v) is 15.2. The van der Waals surface area contributed by atoms with Crippen molar-refractivity contribution in [2.75, 3.05) is 28.4 Å². The molecule has 2 aromatic rings. The van der Waals surface area contributed by atoms with Crippen LogP contribution in [0.2, 0.25) is 0 Å². The van der Waals surface area contributed by atoms with E-state index in [-0.39, 0.29) is 12.3 Å². The summed E-state index contributed by atoms with van der Waals surface area (Å²) >= 11 is 0. The molecule has 0 saturated heterocycles. The molecule has 0 aliphatic rings. The Balaban J connectivity index is 2.03. The number of methoxy groups -OCH3 is 4. The van der Waals surface area contributed by atoms with Gasteiger partial charge in [-0.1, -0.05) is 12.1 Å². The van der Waals surface area contributed by atoms with Crippen LogP contribution in [0.3, 0.4) is 0 Å². The van der Waals surface area contributed by atoms with Crippen molar-refractivity contribution in [3.8, 4) is 23.0 Å². The number of benzene rings is 2. The van der Waals surface area contributed by atoms with Crippen molar-refractivity contribution >= 4 is 12.1 Å².